The molecule has 3 rings (SSSR count). The summed E-state index contributed by atoms with van der Waals surface area (Å²) in [5, 5.41) is 8.16. The standard InChI is InChI=1S/C12H10N2O3S2/c13-19(16,17)8-5-6-12-10(7-8)14-9-3-1-2-4-11(9)18(12)15/h1-7,14H,(H2,13,16,17). The molecular weight excluding hydrogens is 284 g/mol. The van der Waals surface area contributed by atoms with E-state index in [0.29, 0.717) is 21.2 Å². The van der Waals surface area contributed by atoms with Gasteiger partial charge in [-0.2, -0.15) is 0 Å². The van der Waals surface area contributed by atoms with E-state index >= 15 is 0 Å². The first-order valence-corrected chi connectivity index (χ1v) is 8.11. The highest BCUT2D eigenvalue weighted by molar-refractivity contribution is 7.89. The smallest absolute Gasteiger partial charge is 0.238 e. The van der Waals surface area contributed by atoms with Crippen LogP contribution in [-0.4, -0.2) is 12.6 Å². The zero-order chi connectivity index (χ0) is 13.6. The van der Waals surface area contributed by atoms with Crippen LogP contribution in [0.4, 0.5) is 11.4 Å². The van der Waals surface area contributed by atoms with Crippen molar-refractivity contribution in [3.8, 4) is 0 Å². The molecule has 7 heteroatoms. The third-order valence-corrected chi connectivity index (χ3v) is 5.26. The summed E-state index contributed by atoms with van der Waals surface area (Å²) in [5.41, 5.74) is 1.21. The lowest BCUT2D eigenvalue weighted by atomic mass is 10.2. The minimum atomic E-state index is -3.77. The predicted molar refractivity (Wildman–Crippen MR) is 72.2 cm³/mol. The Hall–Kier alpha value is -1.70. The van der Waals surface area contributed by atoms with Crippen LogP contribution in [0.5, 0.6) is 0 Å². The number of fused-ring (bicyclic) bond motifs is 2. The Kier molecular flexibility index (Phi) is 2.70. The third kappa shape index (κ3) is 2.05. The molecule has 3 N–H and O–H groups in total. The van der Waals surface area contributed by atoms with Gasteiger partial charge in [-0.15, -0.1) is 0 Å². The summed E-state index contributed by atoms with van der Waals surface area (Å²) < 4.78 is 35.0. The van der Waals surface area contributed by atoms with E-state index in [2.05, 4.69) is 5.32 Å². The molecule has 0 aliphatic carbocycles. The van der Waals surface area contributed by atoms with Crippen molar-refractivity contribution >= 4 is 32.2 Å². The molecule has 1 aliphatic rings. The number of rotatable bonds is 1. The minimum absolute atomic E-state index is 0.00451. The van der Waals surface area contributed by atoms with Gasteiger partial charge >= 0.3 is 0 Å². The highest BCUT2D eigenvalue weighted by Crippen LogP contribution is 2.37. The maximum absolute atomic E-state index is 12.4. The highest BCUT2D eigenvalue weighted by atomic mass is 32.2. The van der Waals surface area contributed by atoms with Crippen LogP contribution >= 0.6 is 0 Å². The largest absolute Gasteiger partial charge is 0.353 e. The van der Waals surface area contributed by atoms with Crippen molar-refractivity contribution in [3.63, 3.8) is 0 Å². The topological polar surface area (TPSA) is 89.3 Å². The number of hydrogen-bond donors (Lipinski definition) is 2. The number of hydrogen-bond acceptors (Lipinski definition) is 4. The number of primary sulfonamides is 1. The summed E-state index contributed by atoms with van der Waals surface area (Å²) >= 11 is 0. The Bertz CT molecular complexity index is 800. The molecule has 0 amide bonds. The van der Waals surface area contributed by atoms with Gasteiger partial charge in [0.15, 0.2) is 0 Å². The zero-order valence-electron chi connectivity index (χ0n) is 9.66. The molecule has 2 aromatic rings. The molecule has 1 atom stereocenters. The van der Waals surface area contributed by atoms with Gasteiger partial charge in [0, 0.05) is 0 Å². The number of nitrogens with one attached hydrogen (secondary N) is 1. The molecule has 0 radical (unpaired) electrons. The average Bonchev–Trinajstić information content (AvgIpc) is 2.37. The van der Waals surface area contributed by atoms with Gasteiger partial charge in [0.05, 0.1) is 36.9 Å². The first-order valence-electron chi connectivity index (χ1n) is 5.41. The number of nitrogens with two attached hydrogens (primary N) is 1. The summed E-state index contributed by atoms with van der Waals surface area (Å²) in [6.45, 7) is 0. The predicted octanol–water partition coefficient (Wildman–Crippen LogP) is 1.56. The van der Waals surface area contributed by atoms with Gasteiger partial charge in [-0.25, -0.2) is 17.8 Å². The van der Waals surface area contributed by atoms with E-state index in [4.69, 9.17) is 5.14 Å². The molecule has 19 heavy (non-hydrogen) atoms. The second kappa shape index (κ2) is 4.16. The van der Waals surface area contributed by atoms with Crippen LogP contribution < -0.4 is 10.5 Å². The number of benzene rings is 2. The second-order valence-corrected chi connectivity index (χ2v) is 7.07. The molecule has 0 bridgehead atoms. The highest BCUT2D eigenvalue weighted by Gasteiger charge is 2.23. The van der Waals surface area contributed by atoms with Gasteiger partial charge < -0.3 is 5.32 Å². The monoisotopic (exact) mass is 294 g/mol. The van der Waals surface area contributed by atoms with E-state index in [1.807, 2.05) is 12.1 Å². The maximum atomic E-state index is 12.4. The Morgan fingerprint density at radius 1 is 1.00 bits per heavy atom. The van der Waals surface area contributed by atoms with Crippen molar-refractivity contribution in [2.45, 2.75) is 14.7 Å². The van der Waals surface area contributed by atoms with Crippen molar-refractivity contribution < 1.29 is 12.6 Å². The molecule has 0 spiro atoms. The lowest BCUT2D eigenvalue weighted by Gasteiger charge is -2.20. The first kappa shape index (κ1) is 12.3. The van der Waals surface area contributed by atoms with Gasteiger partial charge in [0.2, 0.25) is 10.0 Å². The molecule has 0 fully saturated rings. The van der Waals surface area contributed by atoms with E-state index in [9.17, 15) is 12.6 Å². The van der Waals surface area contributed by atoms with Crippen LogP contribution in [0.3, 0.4) is 0 Å². The third-order valence-electron chi connectivity index (χ3n) is 2.84. The molecule has 2 aromatic carbocycles. The van der Waals surface area contributed by atoms with Gasteiger partial charge in [-0.3, -0.25) is 0 Å². The normalized spacial score (nSPS) is 17.2. The summed E-state index contributed by atoms with van der Waals surface area (Å²) in [6, 6.07) is 11.5. The molecule has 5 nitrogen and oxygen atoms in total. The van der Waals surface area contributed by atoms with Gasteiger partial charge in [0.25, 0.3) is 0 Å². The van der Waals surface area contributed by atoms with Crippen LogP contribution in [0.15, 0.2) is 57.2 Å². The van der Waals surface area contributed by atoms with Crippen LogP contribution in [0, 0.1) is 0 Å². The Morgan fingerprint density at radius 3 is 2.42 bits per heavy atom. The maximum Gasteiger partial charge on any atom is 0.238 e. The molecule has 0 saturated carbocycles. The van der Waals surface area contributed by atoms with Crippen LogP contribution in [-0.2, 0) is 20.8 Å². The van der Waals surface area contributed by atoms with Crippen molar-refractivity contribution in [2.75, 3.05) is 5.32 Å². The summed E-state index contributed by atoms with van der Waals surface area (Å²) in [7, 11) is -5.09. The van der Waals surface area contributed by atoms with E-state index in [0.717, 1.165) is 0 Å². The lowest BCUT2D eigenvalue weighted by Crippen LogP contribution is -2.14. The van der Waals surface area contributed by atoms with Gasteiger partial charge in [-0.1, -0.05) is 12.1 Å². The van der Waals surface area contributed by atoms with Crippen LogP contribution in [0.25, 0.3) is 0 Å². The molecule has 1 heterocycles. The number of sulfonamides is 1. The number of anilines is 2. The first-order chi connectivity index (χ1) is 8.97. The van der Waals surface area contributed by atoms with Gasteiger partial charge in [-0.05, 0) is 30.3 Å². The van der Waals surface area contributed by atoms with E-state index in [1.165, 1.54) is 18.2 Å². The Balaban J connectivity index is 2.19. The lowest BCUT2D eigenvalue weighted by molar-refractivity contribution is 0.597. The fourth-order valence-corrected chi connectivity index (χ4v) is 3.74. The molecular formula is C12H10N2O3S2. The number of para-hydroxylation sites is 1. The second-order valence-electron chi connectivity index (χ2n) is 4.09. The fraction of sp³-hybridized carbons (Fsp3) is 0. The molecule has 1 aliphatic heterocycles. The zero-order valence-corrected chi connectivity index (χ0v) is 11.3. The van der Waals surface area contributed by atoms with Crippen molar-refractivity contribution in [2.24, 2.45) is 5.14 Å². The Labute approximate surface area is 113 Å². The molecule has 0 saturated heterocycles. The van der Waals surface area contributed by atoms with Crippen molar-refractivity contribution in [1.29, 1.82) is 0 Å². The van der Waals surface area contributed by atoms with Gasteiger partial charge in [0.1, 0.15) is 0 Å². The molecule has 1 unspecified atom stereocenters. The SMILES string of the molecule is NS(=O)(=O)c1ccc2c(c1)Nc1ccccc1S2=O. The van der Waals surface area contributed by atoms with E-state index in [-0.39, 0.29) is 4.90 Å². The molecule has 98 valence electrons. The van der Waals surface area contributed by atoms with Crippen molar-refractivity contribution in [3.05, 3.63) is 42.5 Å². The summed E-state index contributed by atoms with van der Waals surface area (Å²) in [4.78, 5) is 1.22. The molecule has 0 aromatic heterocycles. The van der Waals surface area contributed by atoms with E-state index in [1.54, 1.807) is 12.1 Å². The van der Waals surface area contributed by atoms with Crippen LogP contribution in [0.2, 0.25) is 0 Å². The average molecular weight is 294 g/mol. The van der Waals surface area contributed by atoms with Crippen molar-refractivity contribution in [1.82, 2.24) is 0 Å². The quantitative estimate of drug-likeness (QED) is 0.712. The Morgan fingerprint density at radius 2 is 1.68 bits per heavy atom. The summed E-state index contributed by atoms with van der Waals surface area (Å²) in [6.07, 6.45) is 0. The van der Waals surface area contributed by atoms with E-state index < -0.39 is 20.8 Å². The fourth-order valence-electron chi connectivity index (χ4n) is 1.94. The van der Waals surface area contributed by atoms with Crippen LogP contribution in [0.1, 0.15) is 0 Å². The minimum Gasteiger partial charge on any atom is -0.353 e. The summed E-state index contributed by atoms with van der Waals surface area (Å²) in [5.74, 6) is 0.